The number of aromatic nitrogens is 5. The summed E-state index contributed by atoms with van der Waals surface area (Å²) < 4.78 is 4.90. The summed E-state index contributed by atoms with van der Waals surface area (Å²) in [5.74, 6) is 0.996. The molecule has 1 aliphatic heterocycles. The van der Waals surface area contributed by atoms with Crippen molar-refractivity contribution in [3.63, 3.8) is 0 Å². The largest absolute Gasteiger partial charge is 0.350 e. The van der Waals surface area contributed by atoms with Gasteiger partial charge in [0, 0.05) is 31.7 Å². The molecule has 0 atom stereocenters. The van der Waals surface area contributed by atoms with E-state index in [1.54, 1.807) is 6.20 Å². The van der Waals surface area contributed by atoms with Crippen molar-refractivity contribution in [2.45, 2.75) is 13.0 Å². The van der Waals surface area contributed by atoms with Gasteiger partial charge in [-0.2, -0.15) is 10.2 Å². The summed E-state index contributed by atoms with van der Waals surface area (Å²) in [5.41, 5.74) is 2.07. The molecule has 0 bridgehead atoms. The van der Waals surface area contributed by atoms with Gasteiger partial charge in [-0.25, -0.2) is 9.50 Å². The van der Waals surface area contributed by atoms with Crippen LogP contribution in [0.2, 0.25) is 0 Å². The van der Waals surface area contributed by atoms with E-state index in [0.717, 1.165) is 34.6 Å². The summed E-state index contributed by atoms with van der Waals surface area (Å²) >= 11 is 3.43. The molecule has 7 heteroatoms. The summed E-state index contributed by atoms with van der Waals surface area (Å²) in [5, 5.41) is 8.76. The average Bonchev–Trinajstić information content (AvgIpc) is 2.93. The van der Waals surface area contributed by atoms with Gasteiger partial charge in [0.15, 0.2) is 5.82 Å². The molecule has 3 aromatic heterocycles. The topological polar surface area (TPSA) is 51.2 Å². The molecule has 6 nitrogen and oxygen atoms in total. The first-order chi connectivity index (χ1) is 9.70. The van der Waals surface area contributed by atoms with Gasteiger partial charge in [0.2, 0.25) is 0 Å². The van der Waals surface area contributed by atoms with E-state index in [4.69, 9.17) is 0 Å². The first-order valence-electron chi connectivity index (χ1n) is 6.46. The van der Waals surface area contributed by atoms with Gasteiger partial charge in [0.05, 0.1) is 22.4 Å². The van der Waals surface area contributed by atoms with Crippen LogP contribution in [0, 0.1) is 6.92 Å². The first kappa shape index (κ1) is 11.9. The Hall–Kier alpha value is -1.89. The van der Waals surface area contributed by atoms with Crippen LogP contribution in [-0.4, -0.2) is 37.5 Å². The highest BCUT2D eigenvalue weighted by Crippen LogP contribution is 2.29. The van der Waals surface area contributed by atoms with Crippen molar-refractivity contribution >= 4 is 27.3 Å². The molecule has 102 valence electrons. The maximum absolute atomic E-state index is 4.50. The molecular weight excluding hydrogens is 320 g/mol. The lowest BCUT2D eigenvalue weighted by Gasteiger charge is -2.40. The molecule has 0 unspecified atom stereocenters. The Balaban J connectivity index is 1.60. The van der Waals surface area contributed by atoms with E-state index in [0.29, 0.717) is 6.04 Å². The molecule has 0 N–H and O–H groups in total. The molecule has 0 amide bonds. The molecule has 1 fully saturated rings. The summed E-state index contributed by atoms with van der Waals surface area (Å²) in [6.45, 7) is 3.84. The fraction of sp³-hybridized carbons (Fsp3) is 0.308. The molecule has 0 saturated carbocycles. The summed E-state index contributed by atoms with van der Waals surface area (Å²) in [4.78, 5) is 6.76. The third kappa shape index (κ3) is 1.81. The van der Waals surface area contributed by atoms with Gasteiger partial charge in [-0.05, 0) is 28.9 Å². The van der Waals surface area contributed by atoms with E-state index in [9.17, 15) is 0 Å². The minimum absolute atomic E-state index is 0.410. The fourth-order valence-corrected chi connectivity index (χ4v) is 2.89. The molecule has 0 aliphatic carbocycles. The molecule has 0 spiro atoms. The Morgan fingerprint density at radius 3 is 2.95 bits per heavy atom. The van der Waals surface area contributed by atoms with Crippen LogP contribution in [0.25, 0.3) is 5.52 Å². The molecule has 4 rings (SSSR count). The van der Waals surface area contributed by atoms with Crippen LogP contribution in [0.1, 0.15) is 11.7 Å². The number of fused-ring (bicyclic) bond motifs is 1. The molecule has 20 heavy (non-hydrogen) atoms. The van der Waals surface area contributed by atoms with E-state index in [1.165, 1.54) is 0 Å². The van der Waals surface area contributed by atoms with Crippen LogP contribution in [-0.2, 0) is 0 Å². The lowest BCUT2D eigenvalue weighted by Crippen LogP contribution is -2.48. The highest BCUT2D eigenvalue weighted by atomic mass is 79.9. The number of halogens is 1. The summed E-state index contributed by atoms with van der Waals surface area (Å²) in [7, 11) is 0. The van der Waals surface area contributed by atoms with Crippen LogP contribution < -0.4 is 4.90 Å². The van der Waals surface area contributed by atoms with Crippen molar-refractivity contribution in [1.82, 2.24) is 24.4 Å². The molecule has 1 aliphatic rings. The zero-order valence-electron chi connectivity index (χ0n) is 10.9. The second-order valence-electron chi connectivity index (χ2n) is 5.06. The van der Waals surface area contributed by atoms with E-state index < -0.39 is 0 Å². The predicted octanol–water partition coefficient (Wildman–Crippen LogP) is 2.06. The fourth-order valence-electron chi connectivity index (χ4n) is 2.58. The minimum Gasteiger partial charge on any atom is -0.350 e. The normalized spacial score (nSPS) is 15.8. The van der Waals surface area contributed by atoms with Gasteiger partial charge in [0.1, 0.15) is 5.52 Å². The van der Waals surface area contributed by atoms with Crippen molar-refractivity contribution in [3.8, 4) is 0 Å². The Morgan fingerprint density at radius 1 is 1.35 bits per heavy atom. The third-order valence-corrected chi connectivity index (χ3v) is 4.01. The zero-order valence-corrected chi connectivity index (χ0v) is 12.5. The quantitative estimate of drug-likeness (QED) is 0.720. The molecule has 3 aromatic rings. The molecule has 0 radical (unpaired) electrons. The zero-order chi connectivity index (χ0) is 13.7. The second-order valence-corrected chi connectivity index (χ2v) is 5.98. The number of aryl methyl sites for hydroxylation is 1. The van der Waals surface area contributed by atoms with E-state index in [-0.39, 0.29) is 0 Å². The van der Waals surface area contributed by atoms with Gasteiger partial charge in [0.25, 0.3) is 0 Å². The van der Waals surface area contributed by atoms with Crippen LogP contribution in [0.4, 0.5) is 5.82 Å². The van der Waals surface area contributed by atoms with Crippen molar-refractivity contribution < 1.29 is 0 Å². The molecule has 1 saturated heterocycles. The number of hydrogen-bond acceptors (Lipinski definition) is 4. The van der Waals surface area contributed by atoms with Crippen molar-refractivity contribution in [1.29, 1.82) is 0 Å². The Kier molecular flexibility index (Phi) is 2.56. The minimum atomic E-state index is 0.410. The molecule has 4 heterocycles. The highest BCUT2D eigenvalue weighted by Gasteiger charge is 2.31. The van der Waals surface area contributed by atoms with Crippen molar-refractivity contribution in [2.24, 2.45) is 0 Å². The highest BCUT2D eigenvalue weighted by molar-refractivity contribution is 9.10. The Morgan fingerprint density at radius 2 is 2.20 bits per heavy atom. The van der Waals surface area contributed by atoms with Gasteiger partial charge in [-0.1, -0.05) is 0 Å². The third-order valence-electron chi connectivity index (χ3n) is 3.60. The van der Waals surface area contributed by atoms with E-state index in [2.05, 4.69) is 42.1 Å². The average molecular weight is 333 g/mol. The van der Waals surface area contributed by atoms with Crippen LogP contribution >= 0.6 is 15.9 Å². The van der Waals surface area contributed by atoms with Crippen LogP contribution in [0.15, 0.2) is 35.3 Å². The van der Waals surface area contributed by atoms with Gasteiger partial charge >= 0.3 is 0 Å². The number of anilines is 1. The standard InChI is InChI=1S/C13H13BrN6/c1-9-4-12-13(15-2-3-19(12)17-9)18-7-11(8-18)20-6-10(14)5-16-20/h2-6,11H,7-8H2,1H3. The molecular formula is C13H13BrN6. The number of nitrogens with zero attached hydrogens (tertiary/aromatic N) is 6. The van der Waals surface area contributed by atoms with Gasteiger partial charge in [-0.15, -0.1) is 0 Å². The van der Waals surface area contributed by atoms with E-state index >= 15 is 0 Å². The lowest BCUT2D eigenvalue weighted by molar-refractivity contribution is 0.366. The number of rotatable bonds is 2. The summed E-state index contributed by atoms with van der Waals surface area (Å²) in [6.07, 6.45) is 7.52. The van der Waals surface area contributed by atoms with Crippen molar-refractivity contribution in [3.05, 3.63) is 41.0 Å². The maximum atomic E-state index is 4.50. The van der Waals surface area contributed by atoms with Gasteiger partial charge < -0.3 is 4.90 Å². The number of hydrogen-bond donors (Lipinski definition) is 0. The van der Waals surface area contributed by atoms with E-state index in [1.807, 2.05) is 34.7 Å². The Bertz CT molecular complexity index is 770. The monoisotopic (exact) mass is 332 g/mol. The molecule has 0 aromatic carbocycles. The maximum Gasteiger partial charge on any atom is 0.154 e. The SMILES string of the molecule is Cc1cc2c(N3CC(n4cc(Br)cn4)C3)nccn2n1. The van der Waals surface area contributed by atoms with Crippen LogP contribution in [0.5, 0.6) is 0 Å². The Labute approximate surface area is 124 Å². The lowest BCUT2D eigenvalue weighted by atomic mass is 10.1. The van der Waals surface area contributed by atoms with Crippen molar-refractivity contribution in [2.75, 3.05) is 18.0 Å². The first-order valence-corrected chi connectivity index (χ1v) is 7.25. The van der Waals surface area contributed by atoms with Crippen LogP contribution in [0.3, 0.4) is 0 Å². The smallest absolute Gasteiger partial charge is 0.154 e. The predicted molar refractivity (Wildman–Crippen MR) is 78.9 cm³/mol. The summed E-state index contributed by atoms with van der Waals surface area (Å²) in [6, 6.07) is 2.48. The van der Waals surface area contributed by atoms with Gasteiger partial charge in [-0.3, -0.25) is 4.68 Å². The second kappa shape index (κ2) is 4.31.